The van der Waals surface area contributed by atoms with Crippen molar-refractivity contribution in [3.8, 4) is 16.9 Å². The van der Waals surface area contributed by atoms with Gasteiger partial charge in [-0.25, -0.2) is 22.2 Å². The number of ether oxygens (including phenoxy) is 1. The fourth-order valence-corrected chi connectivity index (χ4v) is 4.55. The number of benzene rings is 2. The highest BCUT2D eigenvalue weighted by molar-refractivity contribution is 7.89. The fraction of sp³-hybridized carbons (Fsp3) is 0.300. The number of allylic oxidation sites excluding steroid dienone is 1. The molecule has 10 heteroatoms. The van der Waals surface area contributed by atoms with E-state index in [1.54, 1.807) is 38.1 Å². The molecule has 8 nitrogen and oxygen atoms in total. The summed E-state index contributed by atoms with van der Waals surface area (Å²) in [4.78, 5) is 0.0255. The number of halogens is 1. The van der Waals surface area contributed by atoms with Crippen LogP contribution in [0.1, 0.15) is 13.8 Å². The van der Waals surface area contributed by atoms with Gasteiger partial charge < -0.3 is 10.5 Å². The molecule has 0 aliphatic carbocycles. The summed E-state index contributed by atoms with van der Waals surface area (Å²) in [5.74, 6) is -0.177. The third-order valence-electron chi connectivity index (χ3n) is 4.34. The lowest BCUT2D eigenvalue weighted by Crippen LogP contribution is -2.30. The van der Waals surface area contributed by atoms with Crippen LogP contribution < -0.4 is 15.2 Å². The Labute approximate surface area is 174 Å². The van der Waals surface area contributed by atoms with Crippen LogP contribution in [0.25, 0.3) is 22.2 Å². The lowest BCUT2D eigenvalue weighted by atomic mass is 10.0. The third kappa shape index (κ3) is 4.50. The van der Waals surface area contributed by atoms with E-state index in [2.05, 4.69) is 15.0 Å². The van der Waals surface area contributed by atoms with Crippen LogP contribution in [-0.4, -0.2) is 43.1 Å². The molecule has 30 heavy (non-hydrogen) atoms. The van der Waals surface area contributed by atoms with Crippen LogP contribution in [0, 0.1) is 0 Å². The number of fused-ring (bicyclic) bond motifs is 1. The number of nitrogens with zero attached hydrogens (tertiary/aromatic N) is 3. The molecule has 0 fully saturated rings. The SMILES string of the molecule is COc1ccc(-c2cccc3c2nnn3C/C(F)=C/CN)cc1S(=O)(=O)NC(C)C. The van der Waals surface area contributed by atoms with Crippen molar-refractivity contribution in [2.24, 2.45) is 5.73 Å². The molecule has 3 aromatic rings. The molecule has 0 atom stereocenters. The lowest BCUT2D eigenvalue weighted by molar-refractivity contribution is 0.402. The van der Waals surface area contributed by atoms with Gasteiger partial charge in [-0.15, -0.1) is 5.10 Å². The first-order valence-corrected chi connectivity index (χ1v) is 10.8. The van der Waals surface area contributed by atoms with Gasteiger partial charge in [-0.1, -0.05) is 23.4 Å². The van der Waals surface area contributed by atoms with E-state index in [-0.39, 0.29) is 29.8 Å². The maximum atomic E-state index is 13.9. The van der Waals surface area contributed by atoms with Crippen molar-refractivity contribution in [3.63, 3.8) is 0 Å². The first-order valence-electron chi connectivity index (χ1n) is 9.34. The van der Waals surface area contributed by atoms with Gasteiger partial charge in [0, 0.05) is 18.2 Å². The molecule has 0 unspecified atom stereocenters. The monoisotopic (exact) mass is 433 g/mol. The summed E-state index contributed by atoms with van der Waals surface area (Å²) in [7, 11) is -2.37. The van der Waals surface area contributed by atoms with E-state index >= 15 is 0 Å². The summed E-state index contributed by atoms with van der Waals surface area (Å²) in [6.07, 6.45) is 1.28. The third-order valence-corrected chi connectivity index (χ3v) is 6.02. The second-order valence-corrected chi connectivity index (χ2v) is 8.63. The molecule has 0 saturated carbocycles. The molecule has 3 N–H and O–H groups in total. The molecule has 160 valence electrons. The Morgan fingerprint density at radius 2 is 2.10 bits per heavy atom. The highest BCUT2D eigenvalue weighted by atomic mass is 32.2. The summed E-state index contributed by atoms with van der Waals surface area (Å²) in [6, 6.07) is 9.96. The minimum Gasteiger partial charge on any atom is -0.495 e. The zero-order chi connectivity index (χ0) is 21.9. The van der Waals surface area contributed by atoms with Crippen molar-refractivity contribution in [1.82, 2.24) is 19.7 Å². The summed E-state index contributed by atoms with van der Waals surface area (Å²) in [5, 5.41) is 8.22. The van der Waals surface area contributed by atoms with Gasteiger partial charge in [-0.3, -0.25) is 0 Å². The van der Waals surface area contributed by atoms with Crippen molar-refractivity contribution >= 4 is 21.1 Å². The fourth-order valence-electron chi connectivity index (χ4n) is 3.10. The van der Waals surface area contributed by atoms with Gasteiger partial charge in [0.2, 0.25) is 10.0 Å². The quantitative estimate of drug-likeness (QED) is 0.565. The average molecular weight is 434 g/mol. The maximum absolute atomic E-state index is 13.9. The van der Waals surface area contributed by atoms with Crippen molar-refractivity contribution in [1.29, 1.82) is 0 Å². The summed E-state index contributed by atoms with van der Waals surface area (Å²) in [5.41, 5.74) is 7.79. The molecular weight excluding hydrogens is 409 g/mol. The number of nitrogens with one attached hydrogen (secondary N) is 1. The number of sulfonamides is 1. The summed E-state index contributed by atoms with van der Waals surface area (Å²) in [6.45, 7) is 3.49. The second-order valence-electron chi connectivity index (χ2n) is 6.95. The Morgan fingerprint density at radius 3 is 2.77 bits per heavy atom. The highest BCUT2D eigenvalue weighted by Gasteiger charge is 2.22. The van der Waals surface area contributed by atoms with Crippen molar-refractivity contribution in [2.75, 3.05) is 13.7 Å². The molecule has 0 aliphatic rings. The largest absolute Gasteiger partial charge is 0.495 e. The lowest BCUT2D eigenvalue weighted by Gasteiger charge is -2.14. The zero-order valence-electron chi connectivity index (χ0n) is 17.0. The Morgan fingerprint density at radius 1 is 1.33 bits per heavy atom. The predicted molar refractivity (Wildman–Crippen MR) is 113 cm³/mol. The van der Waals surface area contributed by atoms with Crippen LogP contribution in [0.5, 0.6) is 5.75 Å². The Bertz CT molecular complexity index is 1190. The molecule has 0 bridgehead atoms. The van der Waals surface area contributed by atoms with Gasteiger partial charge in [0.05, 0.1) is 19.2 Å². The Balaban J connectivity index is 2.11. The molecule has 1 heterocycles. The van der Waals surface area contributed by atoms with Crippen LogP contribution in [0.15, 0.2) is 53.2 Å². The molecule has 2 aromatic carbocycles. The topological polar surface area (TPSA) is 112 Å². The number of hydrogen-bond donors (Lipinski definition) is 2. The summed E-state index contributed by atoms with van der Waals surface area (Å²) >= 11 is 0. The van der Waals surface area contributed by atoms with E-state index in [1.807, 2.05) is 6.07 Å². The van der Waals surface area contributed by atoms with E-state index < -0.39 is 15.9 Å². The van der Waals surface area contributed by atoms with Crippen molar-refractivity contribution < 1.29 is 17.5 Å². The van der Waals surface area contributed by atoms with Crippen LogP contribution in [0.4, 0.5) is 4.39 Å². The van der Waals surface area contributed by atoms with Gasteiger partial charge in [0.15, 0.2) is 0 Å². The zero-order valence-corrected chi connectivity index (χ0v) is 17.8. The van der Waals surface area contributed by atoms with E-state index in [9.17, 15) is 12.8 Å². The van der Waals surface area contributed by atoms with E-state index in [1.165, 1.54) is 23.9 Å². The van der Waals surface area contributed by atoms with E-state index in [0.29, 0.717) is 22.2 Å². The normalized spacial score (nSPS) is 12.7. The van der Waals surface area contributed by atoms with Crippen LogP contribution in [0.2, 0.25) is 0 Å². The first kappa shape index (κ1) is 21.9. The molecule has 0 saturated heterocycles. The molecule has 0 amide bonds. The molecule has 0 aliphatic heterocycles. The molecular formula is C20H24FN5O3S. The average Bonchev–Trinajstić information content (AvgIpc) is 3.09. The molecule has 3 rings (SSSR count). The number of nitrogens with two attached hydrogens (primary N) is 1. The number of aromatic nitrogens is 3. The number of methoxy groups -OCH3 is 1. The van der Waals surface area contributed by atoms with E-state index in [4.69, 9.17) is 10.5 Å². The van der Waals surface area contributed by atoms with Gasteiger partial charge in [-0.05, 0) is 43.7 Å². The highest BCUT2D eigenvalue weighted by Crippen LogP contribution is 2.33. The van der Waals surface area contributed by atoms with Crippen LogP contribution in [0.3, 0.4) is 0 Å². The second kappa shape index (κ2) is 8.90. The standard InChI is InChI=1S/C20H24FN5O3S/c1-13(2)24-30(27,28)19-11-14(7-8-18(19)29-3)16-5-4-6-17-20(16)23-25-26(17)12-15(21)9-10-22/h4-9,11,13,24H,10,12,22H2,1-3H3/b15-9-. The number of hydrogen-bond acceptors (Lipinski definition) is 6. The van der Waals surface area contributed by atoms with E-state index in [0.717, 1.165) is 0 Å². The van der Waals surface area contributed by atoms with Gasteiger partial charge in [0.25, 0.3) is 0 Å². The number of rotatable bonds is 8. The van der Waals surface area contributed by atoms with Gasteiger partial charge >= 0.3 is 0 Å². The molecule has 1 aromatic heterocycles. The minimum absolute atomic E-state index is 0.0255. The Kier molecular flexibility index (Phi) is 6.49. The van der Waals surface area contributed by atoms with Crippen LogP contribution >= 0.6 is 0 Å². The van der Waals surface area contributed by atoms with Crippen molar-refractivity contribution in [3.05, 3.63) is 48.3 Å². The van der Waals surface area contributed by atoms with Crippen molar-refractivity contribution in [2.45, 2.75) is 31.3 Å². The molecule has 0 spiro atoms. The summed E-state index contributed by atoms with van der Waals surface area (Å²) < 4.78 is 48.7. The first-order chi connectivity index (χ1) is 14.3. The Hall–Kier alpha value is -2.82. The smallest absolute Gasteiger partial charge is 0.244 e. The maximum Gasteiger partial charge on any atom is 0.244 e. The van der Waals surface area contributed by atoms with Crippen LogP contribution in [-0.2, 0) is 16.6 Å². The molecule has 0 radical (unpaired) electrons. The van der Waals surface area contributed by atoms with Gasteiger partial charge in [-0.2, -0.15) is 0 Å². The predicted octanol–water partition coefficient (Wildman–Crippen LogP) is 2.61. The van der Waals surface area contributed by atoms with Gasteiger partial charge in [0.1, 0.15) is 22.0 Å². The minimum atomic E-state index is -3.79.